The summed E-state index contributed by atoms with van der Waals surface area (Å²) in [5.41, 5.74) is 3.00. The molecular formula is C16H17BrN2O. The minimum Gasteiger partial charge on any atom is -0.326 e. The number of amides is 1. The molecule has 0 saturated carbocycles. The molecule has 2 rings (SSSR count). The first-order valence-electron chi connectivity index (χ1n) is 6.66. The third-order valence-corrected chi connectivity index (χ3v) is 3.51. The summed E-state index contributed by atoms with van der Waals surface area (Å²) in [5, 5.41) is 3.85. The first-order chi connectivity index (χ1) is 9.79. The molecule has 0 spiro atoms. The van der Waals surface area contributed by atoms with Crippen molar-refractivity contribution in [3.63, 3.8) is 0 Å². The van der Waals surface area contributed by atoms with Crippen LogP contribution in [0.1, 0.15) is 19.3 Å². The second kappa shape index (κ2) is 7.80. The summed E-state index contributed by atoms with van der Waals surface area (Å²) in [4.78, 5) is 15.8. The van der Waals surface area contributed by atoms with Crippen molar-refractivity contribution in [1.82, 2.24) is 4.98 Å². The summed E-state index contributed by atoms with van der Waals surface area (Å²) >= 11 is 3.36. The second-order valence-corrected chi connectivity index (χ2v) is 5.31. The minimum atomic E-state index is 0.0695. The molecular weight excluding hydrogens is 316 g/mol. The number of unbranched alkanes of at least 4 members (excludes halogenated alkanes) is 1. The van der Waals surface area contributed by atoms with Gasteiger partial charge >= 0.3 is 0 Å². The second-order valence-electron chi connectivity index (χ2n) is 4.51. The van der Waals surface area contributed by atoms with Gasteiger partial charge in [0, 0.05) is 29.8 Å². The van der Waals surface area contributed by atoms with Crippen LogP contribution in [-0.4, -0.2) is 16.2 Å². The van der Waals surface area contributed by atoms with Gasteiger partial charge in [-0.2, -0.15) is 0 Å². The predicted octanol–water partition coefficient (Wildman–Crippen LogP) is 4.25. The molecule has 1 N–H and O–H groups in total. The Labute approximate surface area is 127 Å². The normalized spacial score (nSPS) is 10.2. The highest BCUT2D eigenvalue weighted by atomic mass is 79.9. The number of pyridine rings is 1. The van der Waals surface area contributed by atoms with Gasteiger partial charge in [-0.15, -0.1) is 0 Å². The number of halogens is 1. The molecule has 0 unspecified atom stereocenters. The summed E-state index contributed by atoms with van der Waals surface area (Å²) in [6.45, 7) is 0. The molecule has 1 amide bonds. The summed E-state index contributed by atoms with van der Waals surface area (Å²) in [6, 6.07) is 11.8. The first kappa shape index (κ1) is 14.7. The van der Waals surface area contributed by atoms with Crippen LogP contribution in [-0.2, 0) is 4.79 Å². The topological polar surface area (TPSA) is 42.0 Å². The lowest BCUT2D eigenvalue weighted by Gasteiger charge is -2.06. The van der Waals surface area contributed by atoms with E-state index in [1.807, 2.05) is 42.6 Å². The molecule has 0 aliphatic carbocycles. The van der Waals surface area contributed by atoms with Gasteiger partial charge in [0.2, 0.25) is 5.91 Å². The lowest BCUT2D eigenvalue weighted by molar-refractivity contribution is -0.116. The van der Waals surface area contributed by atoms with Crippen LogP contribution >= 0.6 is 15.9 Å². The van der Waals surface area contributed by atoms with Crippen LogP contribution in [0, 0.1) is 0 Å². The van der Waals surface area contributed by atoms with E-state index in [1.54, 1.807) is 6.20 Å². The van der Waals surface area contributed by atoms with E-state index in [-0.39, 0.29) is 5.91 Å². The number of carbonyl (C=O) groups excluding carboxylic acids is 1. The number of nitrogens with one attached hydrogen (secondary N) is 1. The fraction of sp³-hybridized carbons (Fsp3) is 0.250. The van der Waals surface area contributed by atoms with Crippen LogP contribution in [0.15, 0.2) is 48.8 Å². The molecule has 1 aromatic carbocycles. The lowest BCUT2D eigenvalue weighted by Crippen LogP contribution is -2.10. The molecule has 4 heteroatoms. The molecule has 3 nitrogen and oxygen atoms in total. The van der Waals surface area contributed by atoms with Crippen LogP contribution in [0.2, 0.25) is 0 Å². The number of carbonyl (C=O) groups is 1. The average Bonchev–Trinajstić information content (AvgIpc) is 2.49. The number of rotatable bonds is 6. The minimum absolute atomic E-state index is 0.0695. The van der Waals surface area contributed by atoms with E-state index < -0.39 is 0 Å². The van der Waals surface area contributed by atoms with E-state index in [0.29, 0.717) is 6.42 Å². The fourth-order valence-corrected chi connectivity index (χ4v) is 2.28. The zero-order valence-electron chi connectivity index (χ0n) is 11.2. The quantitative estimate of drug-likeness (QED) is 0.634. The molecule has 0 aliphatic heterocycles. The molecule has 0 aliphatic rings. The van der Waals surface area contributed by atoms with Gasteiger partial charge < -0.3 is 5.32 Å². The molecule has 0 bridgehead atoms. The summed E-state index contributed by atoms with van der Waals surface area (Å²) < 4.78 is 0. The maximum Gasteiger partial charge on any atom is 0.224 e. The van der Waals surface area contributed by atoms with E-state index in [1.165, 1.54) is 0 Å². The Morgan fingerprint density at radius 2 is 1.90 bits per heavy atom. The van der Waals surface area contributed by atoms with E-state index in [9.17, 15) is 4.79 Å². The molecule has 0 saturated heterocycles. The van der Waals surface area contributed by atoms with E-state index >= 15 is 0 Å². The largest absolute Gasteiger partial charge is 0.326 e. The highest BCUT2D eigenvalue weighted by Crippen LogP contribution is 2.20. The highest BCUT2D eigenvalue weighted by Gasteiger charge is 2.02. The Kier molecular flexibility index (Phi) is 5.74. The number of hydrogen-bond donors (Lipinski definition) is 1. The molecule has 0 fully saturated rings. The van der Waals surface area contributed by atoms with Crippen LogP contribution < -0.4 is 5.32 Å². The molecule has 104 valence electrons. The molecule has 1 heterocycles. The van der Waals surface area contributed by atoms with Gasteiger partial charge in [-0.25, -0.2) is 0 Å². The Balaban J connectivity index is 1.93. The summed E-state index contributed by atoms with van der Waals surface area (Å²) in [7, 11) is 0. The predicted molar refractivity (Wildman–Crippen MR) is 85.9 cm³/mol. The highest BCUT2D eigenvalue weighted by molar-refractivity contribution is 9.09. The third kappa shape index (κ3) is 4.46. The third-order valence-electron chi connectivity index (χ3n) is 2.95. The van der Waals surface area contributed by atoms with E-state index in [2.05, 4.69) is 26.2 Å². The number of anilines is 1. The average molecular weight is 333 g/mol. The Bertz CT molecular complexity index is 540. The van der Waals surface area contributed by atoms with Crippen molar-refractivity contribution < 1.29 is 4.79 Å². The van der Waals surface area contributed by atoms with Gasteiger partial charge in [0.25, 0.3) is 0 Å². The van der Waals surface area contributed by atoms with Crippen molar-refractivity contribution in [1.29, 1.82) is 0 Å². The van der Waals surface area contributed by atoms with Crippen molar-refractivity contribution >= 4 is 27.5 Å². The first-order valence-corrected chi connectivity index (χ1v) is 7.78. The molecule has 0 radical (unpaired) electrons. The van der Waals surface area contributed by atoms with Crippen molar-refractivity contribution in [2.24, 2.45) is 0 Å². The molecule has 20 heavy (non-hydrogen) atoms. The fourth-order valence-electron chi connectivity index (χ4n) is 1.88. The van der Waals surface area contributed by atoms with Gasteiger partial charge in [-0.05, 0) is 42.2 Å². The van der Waals surface area contributed by atoms with Crippen molar-refractivity contribution in [3.05, 3.63) is 48.8 Å². The van der Waals surface area contributed by atoms with Gasteiger partial charge in [-0.1, -0.05) is 34.1 Å². The Morgan fingerprint density at radius 1 is 1.10 bits per heavy atom. The number of alkyl halides is 1. The Morgan fingerprint density at radius 3 is 2.55 bits per heavy atom. The van der Waals surface area contributed by atoms with Crippen LogP contribution in [0.3, 0.4) is 0 Å². The van der Waals surface area contributed by atoms with Gasteiger partial charge in [0.1, 0.15) is 0 Å². The lowest BCUT2D eigenvalue weighted by atomic mass is 10.1. The number of aromatic nitrogens is 1. The Hall–Kier alpha value is -1.68. The van der Waals surface area contributed by atoms with Crippen molar-refractivity contribution in [2.75, 3.05) is 10.6 Å². The maximum atomic E-state index is 11.7. The summed E-state index contributed by atoms with van der Waals surface area (Å²) in [6.07, 6.45) is 6.08. The van der Waals surface area contributed by atoms with Gasteiger partial charge in [0.15, 0.2) is 0 Å². The molecule has 2 aromatic rings. The molecule has 1 aromatic heterocycles. The van der Waals surface area contributed by atoms with Gasteiger partial charge in [-0.3, -0.25) is 9.78 Å². The summed E-state index contributed by atoms with van der Waals surface area (Å²) in [5.74, 6) is 0.0695. The van der Waals surface area contributed by atoms with E-state index in [0.717, 1.165) is 35.0 Å². The monoisotopic (exact) mass is 332 g/mol. The van der Waals surface area contributed by atoms with Crippen LogP contribution in [0.4, 0.5) is 5.69 Å². The maximum absolute atomic E-state index is 11.7. The van der Waals surface area contributed by atoms with Crippen LogP contribution in [0.25, 0.3) is 11.1 Å². The number of benzene rings is 1. The zero-order chi connectivity index (χ0) is 14.2. The van der Waals surface area contributed by atoms with Crippen molar-refractivity contribution in [2.45, 2.75) is 19.3 Å². The smallest absolute Gasteiger partial charge is 0.224 e. The number of nitrogens with zero attached hydrogens (tertiary/aromatic N) is 1. The van der Waals surface area contributed by atoms with Crippen LogP contribution in [0.5, 0.6) is 0 Å². The standard InChI is InChI=1S/C16H17BrN2O/c17-10-2-1-5-16(20)19-15-8-6-13(7-9-15)14-4-3-11-18-12-14/h3-4,6-9,11-12H,1-2,5,10H2,(H,19,20). The van der Waals surface area contributed by atoms with Crippen molar-refractivity contribution in [3.8, 4) is 11.1 Å². The molecule has 0 atom stereocenters. The zero-order valence-corrected chi connectivity index (χ0v) is 12.8. The van der Waals surface area contributed by atoms with Gasteiger partial charge in [0.05, 0.1) is 0 Å². The SMILES string of the molecule is O=C(CCCCBr)Nc1ccc(-c2cccnc2)cc1. The van der Waals surface area contributed by atoms with E-state index in [4.69, 9.17) is 0 Å². The number of hydrogen-bond acceptors (Lipinski definition) is 2.